The highest BCUT2D eigenvalue weighted by Crippen LogP contribution is 2.15. The smallest absolute Gasteiger partial charge is 0.268 e. The molecule has 0 fully saturated rings. The van der Waals surface area contributed by atoms with E-state index in [9.17, 15) is 4.79 Å². The molecule has 4 heterocycles. The summed E-state index contributed by atoms with van der Waals surface area (Å²) in [7, 11) is 2.01. The van der Waals surface area contributed by atoms with Crippen molar-refractivity contribution < 1.29 is 0 Å². The Balaban J connectivity index is 1.49. The second kappa shape index (κ2) is 5.88. The Morgan fingerprint density at radius 1 is 1.43 bits per heavy atom. The summed E-state index contributed by atoms with van der Waals surface area (Å²) in [5, 5.41) is 9.87. The molecule has 0 radical (unpaired) electrons. The van der Waals surface area contributed by atoms with E-state index in [0.29, 0.717) is 17.1 Å². The van der Waals surface area contributed by atoms with Gasteiger partial charge in [0.25, 0.3) is 5.56 Å². The molecule has 8 heteroatoms. The molecule has 0 saturated carbocycles. The van der Waals surface area contributed by atoms with Gasteiger partial charge in [-0.3, -0.25) is 14.4 Å². The van der Waals surface area contributed by atoms with E-state index in [0.717, 1.165) is 37.4 Å². The number of hydrogen-bond donors (Lipinski definition) is 2. The molecule has 0 unspecified atom stereocenters. The van der Waals surface area contributed by atoms with Crippen molar-refractivity contribution in [3.8, 4) is 0 Å². The van der Waals surface area contributed by atoms with E-state index in [1.54, 1.807) is 0 Å². The summed E-state index contributed by atoms with van der Waals surface area (Å²) in [5.74, 6) is 0.689. The molecular formula is C15H18N6OS. The van der Waals surface area contributed by atoms with Gasteiger partial charge in [-0.25, -0.2) is 4.98 Å². The number of nitrogens with one attached hydrogen (secondary N) is 2. The standard InChI is InChI=1S/C15H18N6OS/c1-20(8-10-6-11-7-16-3-4-21(11)19-10)9-13-17-12-2-5-23-14(12)15(22)18-13/h2,5-6,16H,3-4,7-9H2,1H3,(H,17,18,22). The van der Waals surface area contributed by atoms with E-state index in [-0.39, 0.29) is 5.56 Å². The van der Waals surface area contributed by atoms with Gasteiger partial charge in [-0.05, 0) is 24.6 Å². The van der Waals surface area contributed by atoms with Gasteiger partial charge in [-0.2, -0.15) is 5.10 Å². The Bertz CT molecular complexity index is 871. The number of nitrogens with zero attached hydrogens (tertiary/aromatic N) is 4. The summed E-state index contributed by atoms with van der Waals surface area (Å²) >= 11 is 1.42. The molecule has 0 aliphatic carbocycles. The molecule has 1 aliphatic rings. The van der Waals surface area contributed by atoms with Crippen molar-refractivity contribution >= 4 is 21.6 Å². The zero-order chi connectivity index (χ0) is 15.8. The Labute approximate surface area is 137 Å². The second-order valence-electron chi connectivity index (χ2n) is 5.85. The quantitative estimate of drug-likeness (QED) is 0.744. The minimum atomic E-state index is -0.0584. The van der Waals surface area contributed by atoms with Crippen molar-refractivity contribution in [1.29, 1.82) is 0 Å². The van der Waals surface area contributed by atoms with E-state index in [1.807, 2.05) is 18.5 Å². The Kier molecular flexibility index (Phi) is 3.72. The molecule has 2 N–H and O–H groups in total. The fourth-order valence-corrected chi connectivity index (χ4v) is 3.64. The van der Waals surface area contributed by atoms with Gasteiger partial charge in [0.15, 0.2) is 0 Å². The van der Waals surface area contributed by atoms with Crippen molar-refractivity contribution in [3.63, 3.8) is 0 Å². The van der Waals surface area contributed by atoms with Crippen LogP contribution in [0.3, 0.4) is 0 Å². The molecule has 0 spiro atoms. The van der Waals surface area contributed by atoms with Crippen LogP contribution in [0.15, 0.2) is 22.3 Å². The molecule has 3 aromatic rings. The van der Waals surface area contributed by atoms with Gasteiger partial charge >= 0.3 is 0 Å². The summed E-state index contributed by atoms with van der Waals surface area (Å²) in [6, 6.07) is 4.02. The van der Waals surface area contributed by atoms with Gasteiger partial charge in [-0.15, -0.1) is 11.3 Å². The molecule has 0 saturated heterocycles. The van der Waals surface area contributed by atoms with Gasteiger partial charge in [0.1, 0.15) is 10.5 Å². The van der Waals surface area contributed by atoms with Gasteiger partial charge < -0.3 is 10.3 Å². The summed E-state index contributed by atoms with van der Waals surface area (Å²) in [4.78, 5) is 21.5. The first kappa shape index (κ1) is 14.6. The van der Waals surface area contributed by atoms with E-state index in [4.69, 9.17) is 0 Å². The van der Waals surface area contributed by atoms with E-state index < -0.39 is 0 Å². The van der Waals surface area contributed by atoms with Crippen LogP contribution in [0.1, 0.15) is 17.2 Å². The highest BCUT2D eigenvalue weighted by Gasteiger charge is 2.13. The summed E-state index contributed by atoms with van der Waals surface area (Å²) in [6.07, 6.45) is 0. The minimum absolute atomic E-state index is 0.0584. The lowest BCUT2D eigenvalue weighted by atomic mass is 10.3. The van der Waals surface area contributed by atoms with Gasteiger partial charge in [0.05, 0.1) is 30.0 Å². The predicted octanol–water partition coefficient (Wildman–Crippen LogP) is 0.916. The van der Waals surface area contributed by atoms with Crippen molar-refractivity contribution in [2.75, 3.05) is 13.6 Å². The largest absolute Gasteiger partial charge is 0.309 e. The highest BCUT2D eigenvalue weighted by molar-refractivity contribution is 7.17. The minimum Gasteiger partial charge on any atom is -0.309 e. The topological polar surface area (TPSA) is 78.8 Å². The Hall–Kier alpha value is -2.03. The fourth-order valence-electron chi connectivity index (χ4n) is 2.91. The Morgan fingerprint density at radius 3 is 3.22 bits per heavy atom. The van der Waals surface area contributed by atoms with Crippen molar-refractivity contribution in [1.82, 2.24) is 30.0 Å². The maximum Gasteiger partial charge on any atom is 0.268 e. The Morgan fingerprint density at radius 2 is 2.35 bits per heavy atom. The zero-order valence-corrected chi connectivity index (χ0v) is 13.7. The van der Waals surface area contributed by atoms with Crippen molar-refractivity contribution in [3.05, 3.63) is 45.1 Å². The molecule has 0 aromatic carbocycles. The third-order valence-electron chi connectivity index (χ3n) is 3.94. The van der Waals surface area contributed by atoms with Crippen LogP contribution in [-0.4, -0.2) is 38.2 Å². The maximum atomic E-state index is 12.0. The molecule has 23 heavy (non-hydrogen) atoms. The van der Waals surface area contributed by atoms with Gasteiger partial charge in [0, 0.05) is 19.6 Å². The van der Waals surface area contributed by atoms with Crippen LogP contribution in [0.5, 0.6) is 0 Å². The maximum absolute atomic E-state index is 12.0. The van der Waals surface area contributed by atoms with Crippen LogP contribution in [0.4, 0.5) is 0 Å². The number of aromatic nitrogens is 4. The van der Waals surface area contributed by atoms with Crippen LogP contribution in [0, 0.1) is 0 Å². The SMILES string of the molecule is CN(Cc1cc2n(n1)CCNC2)Cc1nc2ccsc2c(=O)[nH]1. The first-order valence-electron chi connectivity index (χ1n) is 7.60. The second-order valence-corrected chi connectivity index (χ2v) is 6.76. The predicted molar refractivity (Wildman–Crippen MR) is 89.3 cm³/mol. The monoisotopic (exact) mass is 330 g/mol. The molecule has 1 aliphatic heterocycles. The zero-order valence-electron chi connectivity index (χ0n) is 12.9. The van der Waals surface area contributed by atoms with E-state index >= 15 is 0 Å². The lowest BCUT2D eigenvalue weighted by Gasteiger charge is -2.14. The van der Waals surface area contributed by atoms with Gasteiger partial charge in [0.2, 0.25) is 0 Å². The van der Waals surface area contributed by atoms with E-state index in [2.05, 4.69) is 36.0 Å². The molecule has 3 aromatic heterocycles. The number of fused-ring (bicyclic) bond motifs is 2. The van der Waals surface area contributed by atoms with Gasteiger partial charge in [-0.1, -0.05) is 0 Å². The first-order valence-corrected chi connectivity index (χ1v) is 8.48. The molecular weight excluding hydrogens is 312 g/mol. The number of thiophene rings is 1. The molecule has 0 atom stereocenters. The molecule has 120 valence electrons. The highest BCUT2D eigenvalue weighted by atomic mass is 32.1. The molecule has 4 rings (SSSR count). The third kappa shape index (κ3) is 2.92. The lowest BCUT2D eigenvalue weighted by molar-refractivity contribution is 0.305. The number of aromatic amines is 1. The number of H-pyrrole nitrogens is 1. The van der Waals surface area contributed by atoms with Crippen LogP contribution in [0.25, 0.3) is 10.2 Å². The summed E-state index contributed by atoms with van der Waals surface area (Å²) < 4.78 is 2.75. The van der Waals surface area contributed by atoms with Crippen LogP contribution in [-0.2, 0) is 26.2 Å². The third-order valence-corrected chi connectivity index (χ3v) is 4.84. The summed E-state index contributed by atoms with van der Waals surface area (Å²) in [6.45, 7) is 4.08. The summed E-state index contributed by atoms with van der Waals surface area (Å²) in [5.41, 5.74) is 2.98. The number of rotatable bonds is 4. The number of hydrogen-bond acceptors (Lipinski definition) is 6. The molecule has 0 bridgehead atoms. The van der Waals surface area contributed by atoms with Crippen LogP contribution in [0.2, 0.25) is 0 Å². The average Bonchev–Trinajstić information content (AvgIpc) is 3.12. The lowest BCUT2D eigenvalue weighted by Crippen LogP contribution is -2.28. The fraction of sp³-hybridized carbons (Fsp3) is 0.400. The first-order chi connectivity index (χ1) is 11.2. The van der Waals surface area contributed by atoms with Crippen LogP contribution >= 0.6 is 11.3 Å². The van der Waals surface area contributed by atoms with E-state index in [1.165, 1.54) is 17.0 Å². The molecule has 0 amide bonds. The molecule has 7 nitrogen and oxygen atoms in total. The van der Waals surface area contributed by atoms with Crippen LogP contribution < -0.4 is 10.9 Å². The normalized spacial score (nSPS) is 14.5. The average molecular weight is 330 g/mol. The van der Waals surface area contributed by atoms with Crippen molar-refractivity contribution in [2.24, 2.45) is 0 Å². The van der Waals surface area contributed by atoms with Crippen molar-refractivity contribution in [2.45, 2.75) is 26.2 Å².